The van der Waals surface area contributed by atoms with Gasteiger partial charge in [-0.1, -0.05) is 43.2 Å². The van der Waals surface area contributed by atoms with E-state index in [1.165, 1.54) is 0 Å². The quantitative estimate of drug-likeness (QED) is 0.571. The van der Waals surface area contributed by atoms with Gasteiger partial charge in [-0.15, -0.1) is 0 Å². The Hall–Kier alpha value is -2.08. The molecule has 0 saturated heterocycles. The molecule has 0 heterocycles. The number of hydrogen-bond acceptors (Lipinski definition) is 3. The van der Waals surface area contributed by atoms with E-state index in [1.807, 2.05) is 30.3 Å². The van der Waals surface area contributed by atoms with Crippen molar-refractivity contribution in [2.45, 2.75) is 44.2 Å². The maximum atomic E-state index is 12.4. The van der Waals surface area contributed by atoms with Crippen LogP contribution in [0.15, 0.2) is 30.3 Å². The molecule has 2 rings (SSSR count). The lowest BCUT2D eigenvalue weighted by atomic mass is 9.96. The van der Waals surface area contributed by atoms with E-state index in [-0.39, 0.29) is 18.5 Å². The van der Waals surface area contributed by atoms with Gasteiger partial charge < -0.3 is 21.1 Å². The van der Waals surface area contributed by atoms with Crippen LogP contribution < -0.4 is 16.0 Å². The van der Waals surface area contributed by atoms with Crippen molar-refractivity contribution in [3.05, 3.63) is 35.9 Å². The van der Waals surface area contributed by atoms with Crippen molar-refractivity contribution in [2.24, 2.45) is 0 Å². The number of nitrogens with one attached hydrogen (secondary N) is 3. The second-order valence-electron chi connectivity index (χ2n) is 5.92. The molecular weight excluding hydrogens is 294 g/mol. The average Bonchev–Trinajstić information content (AvgIpc) is 3.04. The second-order valence-corrected chi connectivity index (χ2v) is 5.92. The maximum Gasteiger partial charge on any atom is 0.315 e. The predicted octanol–water partition coefficient (Wildman–Crippen LogP) is 1.30. The van der Waals surface area contributed by atoms with Crippen LogP contribution in [-0.2, 0) is 11.3 Å². The molecule has 1 aromatic rings. The van der Waals surface area contributed by atoms with Crippen LogP contribution in [0.3, 0.4) is 0 Å². The fourth-order valence-electron chi connectivity index (χ4n) is 2.88. The van der Waals surface area contributed by atoms with Crippen LogP contribution in [0.1, 0.15) is 37.7 Å². The SMILES string of the molecule is O=C(NCc1ccccc1)NC1(C(=O)NCCCO)CCCC1. The lowest BCUT2D eigenvalue weighted by Gasteiger charge is -2.29. The number of carbonyl (C=O) groups excluding carboxylic acids is 2. The number of urea groups is 1. The minimum Gasteiger partial charge on any atom is -0.396 e. The van der Waals surface area contributed by atoms with Crippen LogP contribution in [-0.4, -0.2) is 35.7 Å². The minimum absolute atomic E-state index is 0.0400. The Morgan fingerprint density at radius 2 is 1.78 bits per heavy atom. The zero-order valence-electron chi connectivity index (χ0n) is 13.3. The van der Waals surface area contributed by atoms with E-state index in [0.717, 1.165) is 18.4 Å². The van der Waals surface area contributed by atoms with Crippen LogP contribution >= 0.6 is 0 Å². The average molecular weight is 319 g/mol. The molecule has 0 radical (unpaired) electrons. The van der Waals surface area contributed by atoms with E-state index in [4.69, 9.17) is 5.11 Å². The number of carbonyl (C=O) groups is 2. The van der Waals surface area contributed by atoms with Crippen LogP contribution in [0.4, 0.5) is 4.79 Å². The molecular formula is C17H25N3O3. The van der Waals surface area contributed by atoms with E-state index in [9.17, 15) is 9.59 Å². The molecule has 0 unspecified atom stereocenters. The van der Waals surface area contributed by atoms with Gasteiger partial charge in [-0.25, -0.2) is 4.79 Å². The summed E-state index contributed by atoms with van der Waals surface area (Å²) in [5.74, 6) is -0.154. The summed E-state index contributed by atoms with van der Waals surface area (Å²) in [6.45, 7) is 0.886. The number of hydrogen-bond donors (Lipinski definition) is 4. The van der Waals surface area contributed by atoms with Gasteiger partial charge in [0.1, 0.15) is 5.54 Å². The zero-order chi connectivity index (χ0) is 16.5. The van der Waals surface area contributed by atoms with E-state index < -0.39 is 5.54 Å². The van der Waals surface area contributed by atoms with Crippen molar-refractivity contribution in [2.75, 3.05) is 13.2 Å². The Kier molecular flexibility index (Phi) is 6.40. The first kappa shape index (κ1) is 17.3. The highest BCUT2D eigenvalue weighted by Crippen LogP contribution is 2.29. The van der Waals surface area contributed by atoms with Gasteiger partial charge in [-0.2, -0.15) is 0 Å². The van der Waals surface area contributed by atoms with E-state index in [2.05, 4.69) is 16.0 Å². The maximum absolute atomic E-state index is 12.4. The fourth-order valence-corrected chi connectivity index (χ4v) is 2.88. The summed E-state index contributed by atoms with van der Waals surface area (Å²) in [5, 5.41) is 17.3. The third-order valence-corrected chi connectivity index (χ3v) is 4.16. The van der Waals surface area contributed by atoms with Gasteiger partial charge >= 0.3 is 6.03 Å². The van der Waals surface area contributed by atoms with Crippen molar-refractivity contribution in [1.82, 2.24) is 16.0 Å². The molecule has 3 amide bonds. The highest BCUT2D eigenvalue weighted by molar-refractivity contribution is 5.91. The summed E-state index contributed by atoms with van der Waals surface area (Å²) in [6.07, 6.45) is 3.66. The van der Waals surface area contributed by atoms with Crippen LogP contribution in [0.25, 0.3) is 0 Å². The van der Waals surface area contributed by atoms with Gasteiger partial charge in [0.25, 0.3) is 0 Å². The molecule has 1 fully saturated rings. The van der Waals surface area contributed by atoms with Crippen LogP contribution in [0, 0.1) is 0 Å². The molecule has 0 atom stereocenters. The summed E-state index contributed by atoms with van der Waals surface area (Å²) in [5.41, 5.74) is 0.187. The van der Waals surface area contributed by atoms with Gasteiger partial charge in [0.2, 0.25) is 5.91 Å². The molecule has 23 heavy (non-hydrogen) atoms. The van der Waals surface area contributed by atoms with Gasteiger partial charge in [0.15, 0.2) is 0 Å². The first-order chi connectivity index (χ1) is 11.2. The Morgan fingerprint density at radius 1 is 1.09 bits per heavy atom. The Balaban J connectivity index is 1.88. The Bertz CT molecular complexity index is 513. The smallest absolute Gasteiger partial charge is 0.315 e. The number of rotatable bonds is 7. The van der Waals surface area contributed by atoms with E-state index >= 15 is 0 Å². The van der Waals surface area contributed by atoms with Crippen molar-refractivity contribution < 1.29 is 14.7 Å². The third-order valence-electron chi connectivity index (χ3n) is 4.16. The second kappa shape index (κ2) is 8.53. The van der Waals surface area contributed by atoms with Crippen molar-refractivity contribution in [1.29, 1.82) is 0 Å². The molecule has 4 N–H and O–H groups in total. The highest BCUT2D eigenvalue weighted by Gasteiger charge is 2.42. The number of amides is 3. The lowest BCUT2D eigenvalue weighted by molar-refractivity contribution is -0.127. The van der Waals surface area contributed by atoms with E-state index in [1.54, 1.807) is 0 Å². The number of aliphatic hydroxyl groups excluding tert-OH is 1. The Morgan fingerprint density at radius 3 is 2.43 bits per heavy atom. The van der Waals surface area contributed by atoms with Gasteiger partial charge in [0, 0.05) is 19.7 Å². The van der Waals surface area contributed by atoms with Crippen molar-refractivity contribution in [3.8, 4) is 0 Å². The van der Waals surface area contributed by atoms with Crippen molar-refractivity contribution >= 4 is 11.9 Å². The minimum atomic E-state index is -0.823. The number of aliphatic hydroxyl groups is 1. The molecule has 126 valence electrons. The molecule has 6 nitrogen and oxygen atoms in total. The lowest BCUT2D eigenvalue weighted by Crippen LogP contribution is -2.59. The molecule has 0 bridgehead atoms. The first-order valence-corrected chi connectivity index (χ1v) is 8.15. The standard InChI is InChI=1S/C17H25N3O3/c21-12-6-11-18-15(22)17(9-4-5-10-17)20-16(23)19-13-14-7-2-1-3-8-14/h1-3,7-8,21H,4-6,9-13H2,(H,18,22)(H2,19,20,23). The molecule has 0 spiro atoms. The normalized spacial score (nSPS) is 15.9. The summed E-state index contributed by atoms with van der Waals surface area (Å²) >= 11 is 0. The molecule has 1 aliphatic rings. The summed E-state index contributed by atoms with van der Waals surface area (Å²) < 4.78 is 0. The topological polar surface area (TPSA) is 90.5 Å². The third kappa shape index (κ3) is 4.96. The Labute approximate surface area is 136 Å². The van der Waals surface area contributed by atoms with Gasteiger partial charge in [-0.3, -0.25) is 4.79 Å². The van der Waals surface area contributed by atoms with E-state index in [0.29, 0.717) is 32.4 Å². The van der Waals surface area contributed by atoms with Gasteiger partial charge in [0.05, 0.1) is 0 Å². The fraction of sp³-hybridized carbons (Fsp3) is 0.529. The summed E-state index contributed by atoms with van der Waals surface area (Å²) in [4.78, 5) is 24.6. The molecule has 0 aliphatic heterocycles. The number of benzene rings is 1. The first-order valence-electron chi connectivity index (χ1n) is 8.15. The molecule has 1 saturated carbocycles. The molecule has 0 aromatic heterocycles. The summed E-state index contributed by atoms with van der Waals surface area (Å²) in [7, 11) is 0. The largest absolute Gasteiger partial charge is 0.396 e. The molecule has 1 aliphatic carbocycles. The van der Waals surface area contributed by atoms with Crippen LogP contribution in [0.5, 0.6) is 0 Å². The van der Waals surface area contributed by atoms with Crippen molar-refractivity contribution in [3.63, 3.8) is 0 Å². The summed E-state index contributed by atoms with van der Waals surface area (Å²) in [6, 6.07) is 9.31. The van der Waals surface area contributed by atoms with Crippen LogP contribution in [0.2, 0.25) is 0 Å². The monoisotopic (exact) mass is 319 g/mol. The van der Waals surface area contributed by atoms with Gasteiger partial charge in [-0.05, 0) is 24.8 Å². The highest BCUT2D eigenvalue weighted by atomic mass is 16.3. The molecule has 6 heteroatoms. The molecule has 1 aromatic carbocycles. The predicted molar refractivity (Wildman–Crippen MR) is 87.7 cm³/mol. The zero-order valence-corrected chi connectivity index (χ0v) is 13.3.